The third-order valence-electron chi connectivity index (χ3n) is 2.63. The number of urea groups is 1. The summed E-state index contributed by atoms with van der Waals surface area (Å²) in [5.41, 5.74) is 1.03. The number of anilines is 1. The minimum atomic E-state index is -0.562. The van der Waals surface area contributed by atoms with Gasteiger partial charge in [-0.15, -0.1) is 0 Å². The van der Waals surface area contributed by atoms with Crippen LogP contribution in [0.15, 0.2) is 49.1 Å². The Morgan fingerprint density at radius 1 is 0.955 bits per heavy atom. The van der Waals surface area contributed by atoms with Gasteiger partial charge in [-0.25, -0.2) is 13.9 Å². The lowest BCUT2D eigenvalue weighted by atomic mass is 10.2. The molecular formula is C14H16I2N4O2. The first-order valence-corrected chi connectivity index (χ1v) is 6.07. The molecule has 0 aliphatic heterocycles. The van der Waals surface area contributed by atoms with E-state index >= 15 is 0 Å². The van der Waals surface area contributed by atoms with Crippen molar-refractivity contribution in [2.75, 3.05) is 5.32 Å². The molecule has 2 rings (SSSR count). The molecule has 2 aromatic heterocycles. The maximum absolute atomic E-state index is 11.9. The Labute approximate surface area is 163 Å². The van der Waals surface area contributed by atoms with Gasteiger partial charge in [0.1, 0.15) is 25.3 Å². The summed E-state index contributed by atoms with van der Waals surface area (Å²) in [5, 5.41) is 4.88. The summed E-state index contributed by atoms with van der Waals surface area (Å²) < 4.78 is 3.54. The van der Waals surface area contributed by atoms with Crippen LogP contribution in [-0.4, -0.2) is 11.9 Å². The number of aromatic nitrogens is 2. The van der Waals surface area contributed by atoms with Crippen LogP contribution in [0.2, 0.25) is 0 Å². The highest BCUT2D eigenvalue weighted by atomic mass is 127. The summed E-state index contributed by atoms with van der Waals surface area (Å²) in [5.74, 6) is -0.445. The van der Waals surface area contributed by atoms with Gasteiger partial charge in [0.2, 0.25) is 0 Å². The van der Waals surface area contributed by atoms with Gasteiger partial charge in [-0.2, -0.15) is 0 Å². The van der Waals surface area contributed by atoms with Crippen LogP contribution >= 0.6 is 0 Å². The fourth-order valence-electron chi connectivity index (χ4n) is 1.72. The zero-order valence-electron chi connectivity index (χ0n) is 12.1. The highest BCUT2D eigenvalue weighted by Gasteiger charge is 2.13. The van der Waals surface area contributed by atoms with E-state index in [1.807, 2.05) is 13.2 Å². The number of pyridine rings is 2. The maximum atomic E-state index is 11.9. The van der Waals surface area contributed by atoms with Crippen molar-refractivity contribution in [2.45, 2.75) is 0 Å². The number of halogens is 2. The van der Waals surface area contributed by atoms with Crippen molar-refractivity contribution in [3.05, 3.63) is 54.6 Å². The van der Waals surface area contributed by atoms with Gasteiger partial charge in [0.05, 0.1) is 0 Å². The fourth-order valence-corrected chi connectivity index (χ4v) is 1.72. The Balaban J connectivity index is 0.00000220. The number of nitrogens with one attached hydrogen (secondary N) is 2. The zero-order valence-corrected chi connectivity index (χ0v) is 16.4. The van der Waals surface area contributed by atoms with Gasteiger partial charge in [0.15, 0.2) is 24.8 Å². The van der Waals surface area contributed by atoms with Gasteiger partial charge in [-0.1, -0.05) is 0 Å². The Morgan fingerprint density at radius 3 is 2.14 bits per heavy atom. The Bertz CT molecular complexity index is 665. The molecule has 6 nitrogen and oxygen atoms in total. The quantitative estimate of drug-likeness (QED) is 0.303. The SMILES string of the molecule is C[n+]1cccc(NC(=O)NC(=O)c2ccc[n+](C)c2)c1.[I-].[I-]. The number of hydrogen-bond donors (Lipinski definition) is 2. The van der Waals surface area contributed by atoms with Crippen molar-refractivity contribution in [2.24, 2.45) is 14.1 Å². The van der Waals surface area contributed by atoms with Gasteiger partial charge < -0.3 is 53.3 Å². The normalized spacial score (nSPS) is 9.00. The van der Waals surface area contributed by atoms with Crippen LogP contribution in [-0.2, 0) is 14.1 Å². The van der Waals surface area contributed by atoms with E-state index in [9.17, 15) is 9.59 Å². The standard InChI is InChI=1S/C14H14N4O2.2HI/c1-17-7-3-5-11(9-17)13(19)16-14(20)15-12-6-4-8-18(2)10-12;;/h3-10H,1-2H3;2*1H. The first-order chi connectivity index (χ1) is 9.54. The molecule has 0 aromatic carbocycles. The van der Waals surface area contributed by atoms with Crippen molar-refractivity contribution in [3.63, 3.8) is 0 Å². The molecule has 22 heavy (non-hydrogen) atoms. The third kappa shape index (κ3) is 6.22. The van der Waals surface area contributed by atoms with Crippen molar-refractivity contribution in [1.82, 2.24) is 5.32 Å². The van der Waals surface area contributed by atoms with Crippen LogP contribution in [0.3, 0.4) is 0 Å². The van der Waals surface area contributed by atoms with E-state index in [1.54, 1.807) is 59.0 Å². The average molecular weight is 526 g/mol. The summed E-state index contributed by atoms with van der Waals surface area (Å²) in [6, 6.07) is 6.36. The van der Waals surface area contributed by atoms with E-state index in [2.05, 4.69) is 10.6 Å². The van der Waals surface area contributed by atoms with E-state index in [-0.39, 0.29) is 48.0 Å². The topological polar surface area (TPSA) is 66.0 Å². The van der Waals surface area contributed by atoms with Crippen molar-refractivity contribution in [1.29, 1.82) is 0 Å². The number of carbonyl (C=O) groups is 2. The number of aryl methyl sites for hydroxylation is 2. The predicted molar refractivity (Wildman–Crippen MR) is 71.7 cm³/mol. The van der Waals surface area contributed by atoms with Crippen LogP contribution in [0, 0.1) is 0 Å². The smallest absolute Gasteiger partial charge is 0.326 e. The molecule has 0 unspecified atom stereocenters. The van der Waals surface area contributed by atoms with Crippen LogP contribution in [0.4, 0.5) is 10.5 Å². The second-order valence-corrected chi connectivity index (χ2v) is 4.42. The van der Waals surface area contributed by atoms with E-state index in [0.717, 1.165) is 0 Å². The molecule has 0 saturated carbocycles. The summed E-state index contributed by atoms with van der Waals surface area (Å²) in [4.78, 5) is 23.6. The molecule has 2 heterocycles. The number of hydrogen-bond acceptors (Lipinski definition) is 2. The molecule has 8 heteroatoms. The van der Waals surface area contributed by atoms with Gasteiger partial charge in [0.25, 0.3) is 5.91 Å². The Kier molecular flexibility index (Phi) is 9.09. The lowest BCUT2D eigenvalue weighted by Crippen LogP contribution is -3.00. The highest BCUT2D eigenvalue weighted by Crippen LogP contribution is 2.01. The van der Waals surface area contributed by atoms with E-state index < -0.39 is 11.9 Å². The molecule has 2 N–H and O–H groups in total. The Morgan fingerprint density at radius 2 is 1.55 bits per heavy atom. The highest BCUT2D eigenvalue weighted by molar-refractivity contribution is 6.07. The predicted octanol–water partition coefficient (Wildman–Crippen LogP) is -5.69. The average Bonchev–Trinajstić information content (AvgIpc) is 2.38. The second-order valence-electron chi connectivity index (χ2n) is 4.42. The molecule has 0 bridgehead atoms. The van der Waals surface area contributed by atoms with Crippen LogP contribution < -0.4 is 67.7 Å². The molecule has 0 aliphatic carbocycles. The third-order valence-corrected chi connectivity index (χ3v) is 2.63. The molecule has 118 valence electrons. The molecule has 0 atom stereocenters. The molecule has 3 amide bonds. The molecule has 0 fully saturated rings. The van der Waals surface area contributed by atoms with E-state index in [1.165, 1.54) is 0 Å². The molecular weight excluding hydrogens is 510 g/mol. The zero-order chi connectivity index (χ0) is 14.5. The van der Waals surface area contributed by atoms with Crippen molar-refractivity contribution < 1.29 is 66.7 Å². The largest absolute Gasteiger partial charge is 1.00 e. The Hall–Kier alpha value is -1.30. The second kappa shape index (κ2) is 9.66. The summed E-state index contributed by atoms with van der Waals surface area (Å²) in [6.45, 7) is 0. The van der Waals surface area contributed by atoms with Crippen LogP contribution in [0.5, 0.6) is 0 Å². The van der Waals surface area contributed by atoms with E-state index in [4.69, 9.17) is 0 Å². The number of amides is 3. The molecule has 2 aromatic rings. The van der Waals surface area contributed by atoms with Gasteiger partial charge in [0, 0.05) is 12.1 Å². The number of imide groups is 1. The number of rotatable bonds is 2. The first-order valence-electron chi connectivity index (χ1n) is 6.07. The molecule has 0 saturated heterocycles. The molecule has 0 radical (unpaired) electrons. The minimum absolute atomic E-state index is 0. The van der Waals surface area contributed by atoms with Crippen molar-refractivity contribution >= 4 is 17.6 Å². The van der Waals surface area contributed by atoms with Gasteiger partial charge >= 0.3 is 6.03 Å². The number of nitrogens with zero attached hydrogens (tertiary/aromatic N) is 2. The maximum Gasteiger partial charge on any atom is 0.326 e. The van der Waals surface area contributed by atoms with Crippen LogP contribution in [0.1, 0.15) is 10.4 Å². The molecule has 0 spiro atoms. The lowest BCUT2D eigenvalue weighted by molar-refractivity contribution is -0.671. The van der Waals surface area contributed by atoms with Gasteiger partial charge in [-0.05, 0) is 12.1 Å². The summed E-state index contributed by atoms with van der Waals surface area (Å²) in [6.07, 6.45) is 7.04. The number of carbonyl (C=O) groups excluding carboxylic acids is 2. The van der Waals surface area contributed by atoms with Crippen molar-refractivity contribution in [3.8, 4) is 0 Å². The lowest BCUT2D eigenvalue weighted by Gasteiger charge is -2.04. The summed E-state index contributed by atoms with van der Waals surface area (Å²) >= 11 is 0. The molecule has 0 aliphatic rings. The fraction of sp³-hybridized carbons (Fsp3) is 0.143. The van der Waals surface area contributed by atoms with Gasteiger partial charge in [-0.3, -0.25) is 10.1 Å². The van der Waals surface area contributed by atoms with E-state index in [0.29, 0.717) is 11.3 Å². The van der Waals surface area contributed by atoms with Crippen LogP contribution in [0.25, 0.3) is 0 Å². The monoisotopic (exact) mass is 526 g/mol. The summed E-state index contributed by atoms with van der Waals surface area (Å²) in [7, 11) is 3.65. The minimum Gasteiger partial charge on any atom is -1.00 e. The first kappa shape index (κ1) is 20.7.